The summed E-state index contributed by atoms with van der Waals surface area (Å²) in [4.78, 5) is 20.0. The third-order valence-electron chi connectivity index (χ3n) is 4.54. The number of alkyl halides is 2. The van der Waals surface area contributed by atoms with E-state index in [-0.39, 0.29) is 5.78 Å². The van der Waals surface area contributed by atoms with Crippen molar-refractivity contribution in [2.24, 2.45) is 0 Å². The summed E-state index contributed by atoms with van der Waals surface area (Å²) in [6, 6.07) is 7.15. The minimum atomic E-state index is -2.60. The van der Waals surface area contributed by atoms with E-state index in [1.165, 1.54) is 19.3 Å². The maximum atomic E-state index is 12.9. The largest absolute Gasteiger partial charge is 0.368 e. The van der Waals surface area contributed by atoms with E-state index in [1.807, 2.05) is 0 Å². The second kappa shape index (κ2) is 7.62. The number of Topliss-reactive ketones (excluding diaryl/α,β-unsaturated/α-hetero) is 1. The summed E-state index contributed by atoms with van der Waals surface area (Å²) in [5.74, 6) is 0.287. The highest BCUT2D eigenvalue weighted by Crippen LogP contribution is 2.25. The van der Waals surface area contributed by atoms with E-state index in [4.69, 9.17) is 5.26 Å². The first-order chi connectivity index (χ1) is 12.5. The monoisotopic (exact) mass is 359 g/mol. The molecule has 8 heteroatoms. The number of carbonyl (C=O) groups is 1. The zero-order valence-electron chi connectivity index (χ0n) is 14.4. The van der Waals surface area contributed by atoms with Gasteiger partial charge in [-0.15, -0.1) is 0 Å². The Morgan fingerprint density at radius 2 is 2.04 bits per heavy atom. The van der Waals surface area contributed by atoms with Gasteiger partial charge in [-0.05, 0) is 25.1 Å². The van der Waals surface area contributed by atoms with E-state index in [0.717, 1.165) is 10.3 Å². The summed E-state index contributed by atoms with van der Waals surface area (Å²) >= 11 is 0. The van der Waals surface area contributed by atoms with Crippen molar-refractivity contribution in [3.05, 3.63) is 47.5 Å². The van der Waals surface area contributed by atoms with Crippen molar-refractivity contribution in [1.82, 2.24) is 14.5 Å². The molecular weight excluding hydrogens is 340 g/mol. The van der Waals surface area contributed by atoms with Gasteiger partial charge < -0.3 is 4.90 Å². The van der Waals surface area contributed by atoms with Crippen LogP contribution in [0, 0.1) is 11.3 Å². The summed E-state index contributed by atoms with van der Waals surface area (Å²) < 4.78 is 26.7. The fourth-order valence-corrected chi connectivity index (χ4v) is 3.15. The first-order valence-electron chi connectivity index (χ1n) is 8.32. The van der Waals surface area contributed by atoms with E-state index >= 15 is 0 Å². The molecule has 0 saturated carbocycles. The molecule has 26 heavy (non-hydrogen) atoms. The smallest absolute Gasteiger partial charge is 0.319 e. The molecule has 0 unspecified atom stereocenters. The molecule has 1 fully saturated rings. The van der Waals surface area contributed by atoms with Crippen LogP contribution < -0.4 is 4.90 Å². The zero-order chi connectivity index (χ0) is 18.7. The molecule has 1 aromatic heterocycles. The molecule has 1 saturated heterocycles. The Morgan fingerprint density at radius 3 is 2.65 bits per heavy atom. The summed E-state index contributed by atoms with van der Waals surface area (Å²) in [5.41, 5.74) is 1.85. The van der Waals surface area contributed by atoms with Gasteiger partial charge in [0.2, 0.25) is 0 Å². The molecule has 0 radical (unpaired) electrons. The van der Waals surface area contributed by atoms with E-state index < -0.39 is 6.55 Å². The first-order valence-corrected chi connectivity index (χ1v) is 8.32. The molecule has 1 aliphatic rings. The second-order valence-corrected chi connectivity index (χ2v) is 6.19. The fraction of sp³-hybridized carbons (Fsp3) is 0.389. The lowest BCUT2D eigenvalue weighted by Gasteiger charge is -2.36. The highest BCUT2D eigenvalue weighted by atomic mass is 19.3. The number of anilines is 1. The van der Waals surface area contributed by atoms with Crippen LogP contribution in [-0.4, -0.2) is 46.4 Å². The molecule has 0 atom stereocenters. The molecule has 2 heterocycles. The van der Waals surface area contributed by atoms with Crippen LogP contribution in [0.25, 0.3) is 0 Å². The Balaban J connectivity index is 1.70. The minimum Gasteiger partial charge on any atom is -0.368 e. The molecule has 3 rings (SSSR count). The number of hydrogen-bond donors (Lipinski definition) is 0. The van der Waals surface area contributed by atoms with E-state index in [1.54, 1.807) is 18.2 Å². The standard InChI is InChI=1S/C18H19F2N5O/c1-13(26)15-3-2-14(11-21)10-16(15)24-8-6-23(7-9-24)12-17-22-4-5-25(17)18(19)20/h2-5,10,18H,6-9,12H2,1H3. The Kier molecular flexibility index (Phi) is 5.28. The maximum absolute atomic E-state index is 12.9. The summed E-state index contributed by atoms with van der Waals surface area (Å²) in [7, 11) is 0. The Morgan fingerprint density at radius 1 is 1.31 bits per heavy atom. The van der Waals surface area contributed by atoms with Gasteiger partial charge in [0, 0.05) is 49.8 Å². The minimum absolute atomic E-state index is 0.0501. The highest BCUT2D eigenvalue weighted by Gasteiger charge is 2.22. The topological polar surface area (TPSA) is 65.2 Å². The van der Waals surface area contributed by atoms with Crippen molar-refractivity contribution in [3.63, 3.8) is 0 Å². The Hall–Kier alpha value is -2.79. The third kappa shape index (κ3) is 3.73. The number of carbonyl (C=O) groups excluding carboxylic acids is 1. The normalized spacial score (nSPS) is 15.3. The number of rotatable bonds is 5. The first kappa shape index (κ1) is 18.0. The van der Waals surface area contributed by atoms with Crippen LogP contribution >= 0.6 is 0 Å². The Bertz CT molecular complexity index is 834. The second-order valence-electron chi connectivity index (χ2n) is 6.19. The maximum Gasteiger partial charge on any atom is 0.319 e. The van der Waals surface area contributed by atoms with E-state index in [2.05, 4.69) is 20.9 Å². The molecular formula is C18H19F2N5O. The lowest BCUT2D eigenvalue weighted by molar-refractivity contribution is 0.0636. The molecule has 6 nitrogen and oxygen atoms in total. The molecule has 0 amide bonds. The fourth-order valence-electron chi connectivity index (χ4n) is 3.15. The van der Waals surface area contributed by atoms with Gasteiger partial charge in [0.05, 0.1) is 18.2 Å². The average Bonchev–Trinajstić information content (AvgIpc) is 3.10. The predicted octanol–water partition coefficient (Wildman–Crippen LogP) is 2.67. The van der Waals surface area contributed by atoms with Gasteiger partial charge in [0.1, 0.15) is 5.82 Å². The lowest BCUT2D eigenvalue weighted by Crippen LogP contribution is -2.46. The van der Waals surface area contributed by atoms with Gasteiger partial charge in [-0.2, -0.15) is 14.0 Å². The van der Waals surface area contributed by atoms with Crippen LogP contribution in [0.2, 0.25) is 0 Å². The number of nitrogens with zero attached hydrogens (tertiary/aromatic N) is 5. The number of hydrogen-bond acceptors (Lipinski definition) is 5. The van der Waals surface area contributed by atoms with E-state index in [9.17, 15) is 13.6 Å². The van der Waals surface area contributed by atoms with Crippen LogP contribution in [0.15, 0.2) is 30.6 Å². The number of ketones is 1. The number of nitriles is 1. The SMILES string of the molecule is CC(=O)c1ccc(C#N)cc1N1CCN(Cc2nccn2C(F)F)CC1. The van der Waals surface area contributed by atoms with Crippen molar-refractivity contribution < 1.29 is 13.6 Å². The van der Waals surface area contributed by atoms with Crippen molar-refractivity contribution in [1.29, 1.82) is 5.26 Å². The molecule has 2 aromatic rings. The van der Waals surface area contributed by atoms with Crippen LogP contribution in [0.4, 0.5) is 14.5 Å². The number of piperazine rings is 1. The van der Waals surface area contributed by atoms with Crippen LogP contribution in [0.3, 0.4) is 0 Å². The van der Waals surface area contributed by atoms with Crippen LogP contribution in [0.5, 0.6) is 0 Å². The van der Waals surface area contributed by atoms with E-state index in [0.29, 0.717) is 49.7 Å². The van der Waals surface area contributed by atoms with Gasteiger partial charge in [-0.3, -0.25) is 14.3 Å². The number of aromatic nitrogens is 2. The molecule has 1 aromatic carbocycles. The van der Waals surface area contributed by atoms with Crippen LogP contribution in [0.1, 0.15) is 35.2 Å². The predicted molar refractivity (Wildman–Crippen MR) is 92.1 cm³/mol. The molecule has 0 N–H and O–H groups in total. The summed E-state index contributed by atoms with van der Waals surface area (Å²) in [5, 5.41) is 9.11. The number of imidazole rings is 1. The zero-order valence-corrected chi connectivity index (χ0v) is 14.4. The van der Waals surface area contributed by atoms with Gasteiger partial charge >= 0.3 is 6.55 Å². The van der Waals surface area contributed by atoms with Crippen molar-refractivity contribution >= 4 is 11.5 Å². The molecule has 0 bridgehead atoms. The summed E-state index contributed by atoms with van der Waals surface area (Å²) in [6.07, 6.45) is 2.66. The molecule has 0 aliphatic carbocycles. The van der Waals surface area contributed by atoms with Gasteiger partial charge in [0.15, 0.2) is 5.78 Å². The average molecular weight is 359 g/mol. The third-order valence-corrected chi connectivity index (χ3v) is 4.54. The van der Waals surface area contributed by atoms with Crippen molar-refractivity contribution in [3.8, 4) is 6.07 Å². The summed E-state index contributed by atoms with van der Waals surface area (Å²) in [6.45, 7) is 1.86. The van der Waals surface area contributed by atoms with Gasteiger partial charge in [0.25, 0.3) is 0 Å². The Labute approximate surface area is 150 Å². The molecule has 136 valence electrons. The lowest BCUT2D eigenvalue weighted by atomic mass is 10.0. The highest BCUT2D eigenvalue weighted by molar-refractivity contribution is 6.00. The molecule has 0 spiro atoms. The van der Waals surface area contributed by atoms with Crippen LogP contribution in [-0.2, 0) is 6.54 Å². The van der Waals surface area contributed by atoms with Gasteiger partial charge in [-0.25, -0.2) is 4.98 Å². The quantitative estimate of drug-likeness (QED) is 0.768. The van der Waals surface area contributed by atoms with Crippen molar-refractivity contribution in [2.45, 2.75) is 20.0 Å². The number of halogens is 2. The van der Waals surface area contributed by atoms with Crippen molar-refractivity contribution in [2.75, 3.05) is 31.1 Å². The number of benzene rings is 1. The van der Waals surface area contributed by atoms with Gasteiger partial charge in [-0.1, -0.05) is 0 Å². The molecule has 1 aliphatic heterocycles.